The van der Waals surface area contributed by atoms with Gasteiger partial charge in [0.05, 0.1) is 19.8 Å². The summed E-state index contributed by atoms with van der Waals surface area (Å²) in [5.74, 6) is -0.0874. The summed E-state index contributed by atoms with van der Waals surface area (Å²) in [5.41, 5.74) is 2.04. The molecule has 1 aliphatic heterocycles. The van der Waals surface area contributed by atoms with Gasteiger partial charge in [0.2, 0.25) is 5.89 Å². The molecule has 0 atom stereocenters. The number of benzene rings is 1. The number of morpholine rings is 1. The van der Waals surface area contributed by atoms with E-state index in [0.717, 1.165) is 50.7 Å². The summed E-state index contributed by atoms with van der Waals surface area (Å²) in [4.78, 5) is 25.6. The molecule has 0 bridgehead atoms. The van der Waals surface area contributed by atoms with Crippen molar-refractivity contribution in [1.82, 2.24) is 25.1 Å². The van der Waals surface area contributed by atoms with E-state index in [1.165, 1.54) is 18.4 Å². The molecule has 0 saturated carbocycles. The van der Waals surface area contributed by atoms with Crippen molar-refractivity contribution in [1.29, 1.82) is 0 Å². The average molecular weight is 468 g/mol. The monoisotopic (exact) mass is 467 g/mol. The van der Waals surface area contributed by atoms with Gasteiger partial charge >= 0.3 is 0 Å². The van der Waals surface area contributed by atoms with E-state index in [-0.39, 0.29) is 17.4 Å². The molecule has 1 saturated heterocycles. The molecular weight excluding hydrogens is 437 g/mol. The maximum Gasteiger partial charge on any atom is 0.273 e. The molecule has 3 heterocycles. The number of rotatable bonds is 11. The fourth-order valence-corrected chi connectivity index (χ4v) is 3.83. The molecule has 0 spiro atoms. The van der Waals surface area contributed by atoms with Crippen molar-refractivity contribution in [3.05, 3.63) is 83.6 Å². The zero-order valence-electron chi connectivity index (χ0n) is 19.2. The lowest BCUT2D eigenvalue weighted by molar-refractivity contribution is 0.0320. The molecule has 2 aromatic heterocycles. The molecule has 0 radical (unpaired) electrons. The van der Waals surface area contributed by atoms with Gasteiger partial charge in [-0.1, -0.05) is 18.2 Å². The van der Waals surface area contributed by atoms with Crippen LogP contribution in [-0.4, -0.2) is 71.6 Å². The fraction of sp³-hybridized carbons (Fsp3) is 0.400. The number of halogens is 1. The molecule has 34 heavy (non-hydrogen) atoms. The molecule has 8 nitrogen and oxygen atoms in total. The Labute approximate surface area is 198 Å². The minimum absolute atomic E-state index is 0.245. The number of carbonyl (C=O) groups is 1. The number of carbonyl (C=O) groups excluding carboxylic acids is 1. The van der Waals surface area contributed by atoms with Crippen LogP contribution in [0.25, 0.3) is 0 Å². The topological polar surface area (TPSA) is 83.7 Å². The van der Waals surface area contributed by atoms with Crippen molar-refractivity contribution in [2.45, 2.75) is 19.5 Å². The van der Waals surface area contributed by atoms with Gasteiger partial charge in [0.25, 0.3) is 5.91 Å². The molecule has 1 N–H and O–H groups in total. The number of aromatic nitrogens is 2. The van der Waals surface area contributed by atoms with Gasteiger partial charge in [-0.2, -0.15) is 0 Å². The summed E-state index contributed by atoms with van der Waals surface area (Å²) in [6.45, 7) is 6.32. The Morgan fingerprint density at radius 3 is 2.82 bits per heavy atom. The maximum absolute atomic E-state index is 13.7. The normalized spacial score (nSPS) is 14.4. The third-order valence-electron chi connectivity index (χ3n) is 5.67. The van der Waals surface area contributed by atoms with Gasteiger partial charge in [0.15, 0.2) is 5.69 Å². The quantitative estimate of drug-likeness (QED) is 0.464. The van der Waals surface area contributed by atoms with Gasteiger partial charge in [-0.3, -0.25) is 19.6 Å². The minimum atomic E-state index is -0.282. The Kier molecular flexibility index (Phi) is 8.72. The highest BCUT2D eigenvalue weighted by atomic mass is 19.1. The third-order valence-corrected chi connectivity index (χ3v) is 5.67. The lowest BCUT2D eigenvalue weighted by Gasteiger charge is -2.29. The smallest absolute Gasteiger partial charge is 0.273 e. The summed E-state index contributed by atoms with van der Waals surface area (Å²) in [6.07, 6.45) is 3.75. The second-order valence-electron chi connectivity index (χ2n) is 8.25. The zero-order valence-corrected chi connectivity index (χ0v) is 19.2. The number of nitrogens with zero attached hydrogens (tertiary/aromatic N) is 4. The van der Waals surface area contributed by atoms with Gasteiger partial charge in [-0.25, -0.2) is 9.37 Å². The molecule has 1 fully saturated rings. The van der Waals surface area contributed by atoms with E-state index in [9.17, 15) is 9.18 Å². The number of pyridine rings is 1. The maximum atomic E-state index is 13.7. The summed E-state index contributed by atoms with van der Waals surface area (Å²) in [5, 5.41) is 2.85. The number of oxazole rings is 1. The molecule has 0 aliphatic carbocycles. The first-order valence-corrected chi connectivity index (χ1v) is 11.5. The summed E-state index contributed by atoms with van der Waals surface area (Å²) < 4.78 is 24.7. The van der Waals surface area contributed by atoms with Crippen molar-refractivity contribution in [2.24, 2.45) is 0 Å². The molecule has 9 heteroatoms. The number of hydrogen-bond acceptors (Lipinski definition) is 7. The number of ether oxygens (including phenoxy) is 1. The second-order valence-corrected chi connectivity index (χ2v) is 8.25. The van der Waals surface area contributed by atoms with Crippen molar-refractivity contribution < 1.29 is 18.3 Å². The largest absolute Gasteiger partial charge is 0.447 e. The molecule has 0 unspecified atom stereocenters. The first-order chi connectivity index (χ1) is 16.7. The number of nitrogens with one attached hydrogen (secondary N) is 1. The standard InChI is InChI=1S/C25H30FN5O3/c26-21-5-3-4-20(16-21)17-31(11-10-30-12-14-33-15-13-30)18-24-29-23(19-34-24)25(32)28-9-7-22-6-1-2-8-27-22/h1-6,8,16,19H,7,9-15,17-18H2,(H,28,32). The SMILES string of the molecule is O=C(NCCc1ccccn1)c1coc(CN(CCN2CCOCC2)Cc2cccc(F)c2)n1. The Morgan fingerprint density at radius 1 is 1.15 bits per heavy atom. The third kappa shape index (κ3) is 7.44. The van der Waals surface area contributed by atoms with Crippen LogP contribution in [0.3, 0.4) is 0 Å². The van der Waals surface area contributed by atoms with Gasteiger partial charge in [0.1, 0.15) is 12.1 Å². The molecule has 1 aliphatic rings. The second kappa shape index (κ2) is 12.4. The first kappa shape index (κ1) is 24.0. The van der Waals surface area contributed by atoms with Crippen LogP contribution in [0.15, 0.2) is 59.3 Å². The van der Waals surface area contributed by atoms with Gasteiger partial charge < -0.3 is 14.5 Å². The van der Waals surface area contributed by atoms with Gasteiger partial charge in [-0.05, 0) is 29.8 Å². The van der Waals surface area contributed by atoms with Crippen LogP contribution in [0.2, 0.25) is 0 Å². The lowest BCUT2D eigenvalue weighted by atomic mass is 10.2. The molecular formula is C25H30FN5O3. The number of amides is 1. The first-order valence-electron chi connectivity index (χ1n) is 11.5. The predicted molar refractivity (Wildman–Crippen MR) is 125 cm³/mol. The Bertz CT molecular complexity index is 1040. The Balaban J connectivity index is 1.33. The van der Waals surface area contributed by atoms with Crippen molar-refractivity contribution in [3.63, 3.8) is 0 Å². The van der Waals surface area contributed by atoms with Crippen LogP contribution in [0.1, 0.15) is 27.6 Å². The van der Waals surface area contributed by atoms with Crippen molar-refractivity contribution in [2.75, 3.05) is 45.9 Å². The Hall–Kier alpha value is -3.14. The fourth-order valence-electron chi connectivity index (χ4n) is 3.83. The van der Waals surface area contributed by atoms with Crippen LogP contribution >= 0.6 is 0 Å². The summed E-state index contributed by atoms with van der Waals surface area (Å²) in [6, 6.07) is 12.3. The van der Waals surface area contributed by atoms with Crippen molar-refractivity contribution >= 4 is 5.91 Å². The zero-order chi connectivity index (χ0) is 23.6. The summed E-state index contributed by atoms with van der Waals surface area (Å²) >= 11 is 0. The van der Waals surface area contributed by atoms with Gasteiger partial charge in [-0.15, -0.1) is 0 Å². The van der Waals surface area contributed by atoms with Crippen LogP contribution in [0.5, 0.6) is 0 Å². The number of hydrogen-bond donors (Lipinski definition) is 1. The molecule has 3 aromatic rings. The van der Waals surface area contributed by atoms with Crippen LogP contribution in [0, 0.1) is 5.82 Å². The lowest BCUT2D eigenvalue weighted by Crippen LogP contribution is -2.41. The summed E-state index contributed by atoms with van der Waals surface area (Å²) in [7, 11) is 0. The molecule has 1 aromatic carbocycles. The highest BCUT2D eigenvalue weighted by molar-refractivity contribution is 5.91. The van der Waals surface area contributed by atoms with E-state index in [0.29, 0.717) is 31.9 Å². The molecule has 1 amide bonds. The van der Waals surface area contributed by atoms with E-state index in [2.05, 4.69) is 25.1 Å². The average Bonchev–Trinajstić information content (AvgIpc) is 3.32. The van der Waals surface area contributed by atoms with Gasteiger partial charge in [0, 0.05) is 57.6 Å². The Morgan fingerprint density at radius 2 is 2.03 bits per heavy atom. The van der Waals surface area contributed by atoms with Crippen LogP contribution in [-0.2, 0) is 24.2 Å². The van der Waals surface area contributed by atoms with E-state index >= 15 is 0 Å². The predicted octanol–water partition coefficient (Wildman–Crippen LogP) is 2.52. The van der Waals surface area contributed by atoms with Crippen molar-refractivity contribution in [3.8, 4) is 0 Å². The van der Waals surface area contributed by atoms with Crippen LogP contribution in [0.4, 0.5) is 4.39 Å². The minimum Gasteiger partial charge on any atom is -0.447 e. The van der Waals surface area contributed by atoms with E-state index in [1.807, 2.05) is 24.3 Å². The van der Waals surface area contributed by atoms with E-state index in [4.69, 9.17) is 9.15 Å². The molecule has 180 valence electrons. The van der Waals surface area contributed by atoms with Crippen LogP contribution < -0.4 is 5.32 Å². The highest BCUT2D eigenvalue weighted by Gasteiger charge is 2.17. The molecule has 4 rings (SSSR count). The van der Waals surface area contributed by atoms with E-state index < -0.39 is 0 Å². The highest BCUT2D eigenvalue weighted by Crippen LogP contribution is 2.12. The van der Waals surface area contributed by atoms with E-state index in [1.54, 1.807) is 12.3 Å².